The van der Waals surface area contributed by atoms with Gasteiger partial charge in [-0.2, -0.15) is 0 Å². The zero-order valence-electron chi connectivity index (χ0n) is 39.6. The Morgan fingerprint density at radius 2 is 0.937 bits per heavy atom. The number of amides is 1. The maximum Gasteiger partial charge on any atom is 0.303 e. The molecule has 6 N–H and O–H groups in total. The van der Waals surface area contributed by atoms with E-state index in [1.807, 2.05) is 0 Å². The van der Waals surface area contributed by atoms with Gasteiger partial charge >= 0.3 is 17.9 Å². The zero-order valence-corrected chi connectivity index (χ0v) is 44.2. The summed E-state index contributed by atoms with van der Waals surface area (Å²) >= 11 is 14.7. The molecule has 2 aliphatic rings. The van der Waals surface area contributed by atoms with Crippen LogP contribution in [-0.2, 0) is 33.2 Å². The molecular formula is C46H87Cl5N2O9S. The highest BCUT2D eigenvalue weighted by atomic mass is 36.0. The number of nitrogens with one attached hydrogen (secondary N) is 1. The van der Waals surface area contributed by atoms with Crippen LogP contribution in [0.2, 0.25) is 0 Å². The molecule has 2 aliphatic carbocycles. The Hall–Kier alpha value is -0.890. The van der Waals surface area contributed by atoms with Gasteiger partial charge in [0.15, 0.2) is 0 Å². The molecule has 0 aromatic rings. The second-order valence-corrected chi connectivity index (χ2v) is 21.4. The minimum atomic E-state index is -1.67. The van der Waals surface area contributed by atoms with Crippen LogP contribution in [0.3, 0.4) is 0 Å². The highest BCUT2D eigenvalue weighted by Crippen LogP contribution is 2.39. The molecule has 0 aromatic heterocycles. The first kappa shape index (κ1) is 68.7. The predicted octanol–water partition coefficient (Wildman–Crippen LogP) is 14.0. The topological polar surface area (TPSA) is 201 Å². The number of alkyl halides is 2. The number of carbonyl (C=O) groups is 5. The molecule has 0 heterocycles. The summed E-state index contributed by atoms with van der Waals surface area (Å²) in [5.74, 6) is -0.226. The van der Waals surface area contributed by atoms with Gasteiger partial charge < -0.3 is 26.4 Å². The molecule has 0 spiro atoms. The lowest BCUT2D eigenvalue weighted by atomic mass is 9.71. The van der Waals surface area contributed by atoms with Gasteiger partial charge in [-0.05, 0) is 91.7 Å². The van der Waals surface area contributed by atoms with E-state index in [1.165, 1.54) is 70.6 Å². The van der Waals surface area contributed by atoms with Crippen molar-refractivity contribution in [2.75, 3.05) is 18.4 Å². The average Bonchev–Trinajstić information content (AvgIpc) is 3.22. The molecule has 2 fully saturated rings. The second-order valence-electron chi connectivity index (χ2n) is 17.6. The van der Waals surface area contributed by atoms with Crippen molar-refractivity contribution in [2.24, 2.45) is 34.3 Å². The lowest BCUT2D eigenvalue weighted by Crippen LogP contribution is -2.40. The molecular weight excluding hydrogens is 934 g/mol. The van der Waals surface area contributed by atoms with Crippen molar-refractivity contribution in [1.82, 2.24) is 5.32 Å². The summed E-state index contributed by atoms with van der Waals surface area (Å²) in [4.78, 5) is 54.3. The highest BCUT2D eigenvalue weighted by Gasteiger charge is 2.35. The third kappa shape index (κ3) is 50.4. The number of rotatable bonds is 25. The van der Waals surface area contributed by atoms with E-state index in [0.29, 0.717) is 50.1 Å². The van der Waals surface area contributed by atoms with Crippen molar-refractivity contribution in [3.8, 4) is 0 Å². The number of nitrogens with two attached hydrogens (primary N) is 1. The fourth-order valence-corrected chi connectivity index (χ4v) is 7.80. The van der Waals surface area contributed by atoms with Crippen molar-refractivity contribution in [2.45, 2.75) is 215 Å². The van der Waals surface area contributed by atoms with E-state index in [0.717, 1.165) is 70.6 Å². The van der Waals surface area contributed by atoms with Gasteiger partial charge in [-0.25, -0.2) is 4.21 Å². The second kappa shape index (κ2) is 46.2. The normalized spacial score (nSPS) is 16.1. The Morgan fingerprint density at radius 3 is 1.25 bits per heavy atom. The van der Waals surface area contributed by atoms with Gasteiger partial charge in [0.2, 0.25) is 20.4 Å². The Morgan fingerprint density at radius 1 is 0.603 bits per heavy atom. The van der Waals surface area contributed by atoms with Crippen LogP contribution in [0.25, 0.3) is 0 Å². The van der Waals surface area contributed by atoms with Crippen LogP contribution in [0.5, 0.6) is 0 Å². The smallest absolute Gasteiger partial charge is 0.303 e. The Balaban J connectivity index is -0.000000366. The Bertz CT molecular complexity index is 1150. The summed E-state index contributed by atoms with van der Waals surface area (Å²) in [5.41, 5.74) is 5.33. The van der Waals surface area contributed by atoms with Crippen LogP contribution >= 0.6 is 56.2 Å². The number of halogens is 5. The molecule has 0 aliphatic heterocycles. The first-order chi connectivity index (χ1) is 29.6. The lowest BCUT2D eigenvalue weighted by molar-refractivity contribution is -0.141. The number of aliphatic carboxylic acids is 3. The summed E-state index contributed by atoms with van der Waals surface area (Å²) < 4.78 is 9.09. The van der Waals surface area contributed by atoms with Crippen LogP contribution < -0.4 is 11.1 Å². The predicted molar refractivity (Wildman–Crippen MR) is 266 cm³/mol. The van der Waals surface area contributed by atoms with Crippen LogP contribution in [0, 0.1) is 28.6 Å². The van der Waals surface area contributed by atoms with Gasteiger partial charge in [0.05, 0.1) is 18.2 Å². The summed E-state index contributed by atoms with van der Waals surface area (Å²) in [5, 5.41) is 29.2. The highest BCUT2D eigenvalue weighted by molar-refractivity contribution is 8.26. The van der Waals surface area contributed by atoms with E-state index in [9.17, 15) is 24.0 Å². The van der Waals surface area contributed by atoms with Gasteiger partial charge in [-0.15, -0.1) is 23.2 Å². The molecule has 0 bridgehead atoms. The molecule has 63 heavy (non-hydrogen) atoms. The van der Waals surface area contributed by atoms with E-state index in [2.05, 4.69) is 68.2 Å². The minimum Gasteiger partial charge on any atom is -0.481 e. The fourth-order valence-electron chi connectivity index (χ4n) is 7.69. The number of unbranched alkanes of at least 4 members (excludes halogenated alkanes) is 3. The molecule has 376 valence electrons. The molecule has 1 amide bonds. The number of hydrogen-bond acceptors (Lipinski definition) is 7. The van der Waals surface area contributed by atoms with E-state index in [1.54, 1.807) is 0 Å². The van der Waals surface area contributed by atoms with Crippen LogP contribution in [0.4, 0.5) is 0 Å². The van der Waals surface area contributed by atoms with Crippen molar-refractivity contribution < 1.29 is 43.5 Å². The average molecular weight is 1020 g/mol. The van der Waals surface area contributed by atoms with Gasteiger partial charge in [-0.3, -0.25) is 24.0 Å². The summed E-state index contributed by atoms with van der Waals surface area (Å²) in [6.45, 7) is 14.1. The number of carbonyl (C=O) groups excluding carboxylic acids is 2. The Kier molecular flexibility index (Phi) is 50.4. The fraction of sp³-hybridized carbons (Fsp3) is 0.891. The summed E-state index contributed by atoms with van der Waals surface area (Å²) in [7, 11) is 7.36. The first-order valence-electron chi connectivity index (χ1n) is 23.3. The van der Waals surface area contributed by atoms with Crippen molar-refractivity contribution in [3.05, 3.63) is 0 Å². The van der Waals surface area contributed by atoms with Crippen molar-refractivity contribution in [3.63, 3.8) is 0 Å². The van der Waals surface area contributed by atoms with Crippen LogP contribution in [0.15, 0.2) is 0 Å². The monoisotopic (exact) mass is 1020 g/mol. The molecule has 11 nitrogen and oxygen atoms in total. The quantitative estimate of drug-likeness (QED) is 0.0433. The number of hydrogen-bond donors (Lipinski definition) is 5. The van der Waals surface area contributed by atoms with Gasteiger partial charge in [0, 0.05) is 47.2 Å². The van der Waals surface area contributed by atoms with E-state index in [4.69, 9.17) is 60.1 Å². The van der Waals surface area contributed by atoms with Crippen molar-refractivity contribution in [1.29, 1.82) is 0 Å². The molecule has 3 atom stereocenters. The van der Waals surface area contributed by atoms with Crippen LogP contribution in [0.1, 0.15) is 215 Å². The molecule has 17 heteroatoms. The third-order valence-corrected chi connectivity index (χ3v) is 11.9. The van der Waals surface area contributed by atoms with E-state index < -0.39 is 27.1 Å². The summed E-state index contributed by atoms with van der Waals surface area (Å²) in [6.07, 6.45) is 26.2. The molecule has 0 aromatic carbocycles. The van der Waals surface area contributed by atoms with Gasteiger partial charge in [0.1, 0.15) is 0 Å². The largest absolute Gasteiger partial charge is 0.481 e. The minimum absolute atomic E-state index is 0.0793. The van der Waals surface area contributed by atoms with Crippen LogP contribution in [-0.4, -0.2) is 67.0 Å². The SMILES string of the molecule is CCCCC(C)CCC(=O)Cl.CCCCC(C)CCC(=O)NCC1(CC(=O)O)CCCCC1.CCCCC(C)CCC(=O)O.ClCCl.NCC1(CC(=O)O)CCCCC1.O=S(Cl)Cl. The van der Waals surface area contributed by atoms with Gasteiger partial charge in [0.25, 0.3) is 0 Å². The maximum absolute atomic E-state index is 12.0. The number of carboxylic acids is 3. The molecule has 2 rings (SSSR count). The van der Waals surface area contributed by atoms with E-state index >= 15 is 0 Å². The first-order valence-corrected chi connectivity index (χ1v) is 27.6. The lowest BCUT2D eigenvalue weighted by Gasteiger charge is -2.36. The zero-order chi connectivity index (χ0) is 49.1. The maximum atomic E-state index is 12.0. The standard InChI is InChI=1S/C18H33NO3.C9H17ClO.C9H17NO2.C9H18O2.CH2Cl2.Cl2OS/c1-3-4-8-15(2)9-10-16(20)19-14-18(13-17(21)22)11-6-5-7-12-18;1-3-4-5-8(2)6-7-9(10)11;10-7-9(6-8(11)12)4-2-1-3-5-9;1-3-4-5-8(2)6-7-9(10)11;2-1-3;1-4(2)3/h15H,3-14H2,1-2H3,(H,19,20)(H,21,22);8H,3-7H2,1-2H3;1-7,10H2,(H,11,12);8H,3-7H2,1-2H3,(H,10,11);1H2;. The molecule has 0 saturated heterocycles. The summed E-state index contributed by atoms with van der Waals surface area (Å²) in [6, 6.07) is 0. The Labute approximate surface area is 408 Å². The van der Waals surface area contributed by atoms with E-state index in [-0.39, 0.29) is 40.2 Å². The third-order valence-electron chi connectivity index (χ3n) is 11.7. The van der Waals surface area contributed by atoms with Gasteiger partial charge in [-0.1, -0.05) is 138 Å². The molecule has 2 saturated carbocycles. The van der Waals surface area contributed by atoms with Crippen molar-refractivity contribution >= 4 is 94.5 Å². The number of carboxylic acid groups (broad SMARTS) is 3. The molecule has 0 radical (unpaired) electrons. The molecule has 3 unspecified atom stereocenters.